The molecular weight excluding hydrogens is 248 g/mol. The minimum atomic E-state index is 0.276. The number of aromatic nitrogens is 2. The second-order valence-electron chi connectivity index (χ2n) is 6.02. The van der Waals surface area contributed by atoms with Gasteiger partial charge < -0.3 is 10.6 Å². The number of hydrogen-bond acceptors (Lipinski definition) is 3. The largest absolute Gasteiger partial charge is 0.327 e. The fourth-order valence-corrected chi connectivity index (χ4v) is 2.44. The number of nitrogens with two attached hydrogens (primary N) is 1. The highest BCUT2D eigenvalue weighted by atomic mass is 15.3. The van der Waals surface area contributed by atoms with Crippen LogP contribution in [0.4, 0.5) is 0 Å². The van der Waals surface area contributed by atoms with E-state index < -0.39 is 0 Å². The van der Waals surface area contributed by atoms with E-state index in [2.05, 4.69) is 55.2 Å². The summed E-state index contributed by atoms with van der Waals surface area (Å²) in [5.41, 5.74) is 8.44. The second kappa shape index (κ2) is 6.37. The van der Waals surface area contributed by atoms with E-state index in [1.54, 1.807) is 0 Å². The van der Waals surface area contributed by atoms with Crippen LogP contribution >= 0.6 is 0 Å². The first kappa shape index (κ1) is 15.0. The van der Waals surface area contributed by atoms with Gasteiger partial charge in [0.05, 0.1) is 11.2 Å². The van der Waals surface area contributed by atoms with Crippen LogP contribution in [0.5, 0.6) is 0 Å². The average Bonchev–Trinajstić information content (AvgIpc) is 2.73. The Balaban J connectivity index is 2.01. The Labute approximate surface area is 121 Å². The minimum Gasteiger partial charge on any atom is -0.327 e. The minimum absolute atomic E-state index is 0.276. The predicted octanol–water partition coefficient (Wildman–Crippen LogP) is 2.38. The van der Waals surface area contributed by atoms with Crippen molar-refractivity contribution in [2.24, 2.45) is 18.7 Å². The average molecular weight is 274 g/mol. The smallest absolute Gasteiger partial charge is 0.0843 e. The molecule has 0 saturated carbocycles. The molecule has 1 atom stereocenters. The molecule has 0 aliphatic rings. The van der Waals surface area contributed by atoms with Gasteiger partial charge in [-0.2, -0.15) is 5.10 Å². The van der Waals surface area contributed by atoms with Gasteiger partial charge in [0.25, 0.3) is 0 Å². The Morgan fingerprint density at radius 2 is 2.00 bits per heavy atom. The van der Waals surface area contributed by atoms with Crippen LogP contribution in [0.15, 0.2) is 24.3 Å². The van der Waals surface area contributed by atoms with E-state index in [0.29, 0.717) is 5.92 Å². The van der Waals surface area contributed by atoms with Crippen LogP contribution in [0.2, 0.25) is 0 Å². The molecule has 0 bridgehead atoms. The monoisotopic (exact) mass is 274 g/mol. The molecule has 0 aliphatic heterocycles. The number of aryl methyl sites for hydroxylation is 1. The van der Waals surface area contributed by atoms with Crippen molar-refractivity contribution in [1.82, 2.24) is 14.7 Å². The highest BCUT2D eigenvalue weighted by Crippen LogP contribution is 2.18. The molecule has 20 heavy (non-hydrogen) atoms. The molecule has 1 aromatic heterocycles. The number of hydrogen-bond donors (Lipinski definition) is 1. The second-order valence-corrected chi connectivity index (χ2v) is 6.02. The van der Waals surface area contributed by atoms with Gasteiger partial charge in [-0.05, 0) is 32.0 Å². The first-order valence-electron chi connectivity index (χ1n) is 7.33. The van der Waals surface area contributed by atoms with Crippen molar-refractivity contribution < 1.29 is 0 Å². The molecule has 0 amide bonds. The van der Waals surface area contributed by atoms with Crippen LogP contribution in [0.1, 0.15) is 26.0 Å². The normalized spacial score (nSPS) is 13.6. The number of fused-ring (bicyclic) bond motifs is 1. The molecule has 1 unspecified atom stereocenters. The van der Waals surface area contributed by atoms with E-state index in [1.165, 1.54) is 10.9 Å². The zero-order valence-corrected chi connectivity index (χ0v) is 13.0. The highest BCUT2D eigenvalue weighted by molar-refractivity contribution is 5.81. The Bertz CT molecular complexity index is 559. The molecule has 1 aromatic carbocycles. The number of rotatable bonds is 6. The third-order valence-corrected chi connectivity index (χ3v) is 3.95. The number of benzene rings is 1. The van der Waals surface area contributed by atoms with E-state index in [9.17, 15) is 0 Å². The van der Waals surface area contributed by atoms with Crippen molar-refractivity contribution in [1.29, 1.82) is 0 Å². The number of nitrogens with zero attached hydrogens (tertiary/aromatic N) is 3. The standard InChI is InChI=1S/C16H26N4/c1-12(2)14(17)9-10-19(3)11-15-13-7-5-6-8-16(13)20(4)18-15/h5-8,12,14H,9-11,17H2,1-4H3. The van der Waals surface area contributed by atoms with Crippen molar-refractivity contribution in [2.45, 2.75) is 32.9 Å². The Hall–Kier alpha value is -1.39. The van der Waals surface area contributed by atoms with Gasteiger partial charge in [0.15, 0.2) is 0 Å². The lowest BCUT2D eigenvalue weighted by Gasteiger charge is -2.20. The molecular formula is C16H26N4. The molecule has 110 valence electrons. The first-order chi connectivity index (χ1) is 9.49. The van der Waals surface area contributed by atoms with Gasteiger partial charge in [-0.25, -0.2) is 0 Å². The zero-order chi connectivity index (χ0) is 14.7. The molecule has 0 spiro atoms. The van der Waals surface area contributed by atoms with E-state index in [1.807, 2.05) is 11.7 Å². The van der Waals surface area contributed by atoms with E-state index in [-0.39, 0.29) is 6.04 Å². The summed E-state index contributed by atoms with van der Waals surface area (Å²) >= 11 is 0. The molecule has 0 saturated heterocycles. The van der Waals surface area contributed by atoms with Crippen LogP contribution in [0.3, 0.4) is 0 Å². The Morgan fingerprint density at radius 1 is 1.30 bits per heavy atom. The van der Waals surface area contributed by atoms with Crippen LogP contribution in [0, 0.1) is 5.92 Å². The maximum Gasteiger partial charge on any atom is 0.0843 e. The molecule has 0 fully saturated rings. The zero-order valence-electron chi connectivity index (χ0n) is 13.0. The predicted molar refractivity (Wildman–Crippen MR) is 84.5 cm³/mol. The van der Waals surface area contributed by atoms with E-state index in [4.69, 9.17) is 5.73 Å². The molecule has 2 N–H and O–H groups in total. The molecule has 4 nitrogen and oxygen atoms in total. The van der Waals surface area contributed by atoms with Crippen molar-refractivity contribution >= 4 is 10.9 Å². The van der Waals surface area contributed by atoms with Crippen LogP contribution in [0.25, 0.3) is 10.9 Å². The maximum atomic E-state index is 6.11. The van der Waals surface area contributed by atoms with Crippen molar-refractivity contribution in [3.05, 3.63) is 30.0 Å². The quantitative estimate of drug-likeness (QED) is 0.879. The molecule has 2 rings (SSSR count). The third kappa shape index (κ3) is 3.38. The van der Waals surface area contributed by atoms with Crippen molar-refractivity contribution in [3.63, 3.8) is 0 Å². The third-order valence-electron chi connectivity index (χ3n) is 3.95. The van der Waals surface area contributed by atoms with Crippen molar-refractivity contribution in [3.8, 4) is 0 Å². The molecule has 2 aromatic rings. The first-order valence-corrected chi connectivity index (χ1v) is 7.33. The summed E-state index contributed by atoms with van der Waals surface area (Å²) in [7, 11) is 4.14. The lowest BCUT2D eigenvalue weighted by atomic mass is 10.0. The Kier molecular flexibility index (Phi) is 4.78. The Morgan fingerprint density at radius 3 is 2.70 bits per heavy atom. The van der Waals surface area contributed by atoms with Gasteiger partial charge in [0.2, 0.25) is 0 Å². The van der Waals surface area contributed by atoms with Crippen LogP contribution in [-0.2, 0) is 13.6 Å². The summed E-state index contributed by atoms with van der Waals surface area (Å²) in [6.45, 7) is 6.23. The molecule has 1 heterocycles. The fourth-order valence-electron chi connectivity index (χ4n) is 2.44. The highest BCUT2D eigenvalue weighted by Gasteiger charge is 2.12. The molecule has 0 aliphatic carbocycles. The SMILES string of the molecule is CC(C)C(N)CCN(C)Cc1nn(C)c2ccccc12. The summed E-state index contributed by atoms with van der Waals surface area (Å²) in [4.78, 5) is 2.30. The number of para-hydroxylation sites is 1. The maximum absolute atomic E-state index is 6.11. The van der Waals surface area contributed by atoms with Crippen molar-refractivity contribution in [2.75, 3.05) is 13.6 Å². The fraction of sp³-hybridized carbons (Fsp3) is 0.562. The van der Waals surface area contributed by atoms with Gasteiger partial charge in [0.1, 0.15) is 0 Å². The lowest BCUT2D eigenvalue weighted by molar-refractivity contribution is 0.293. The van der Waals surface area contributed by atoms with Gasteiger partial charge in [-0.3, -0.25) is 4.68 Å². The van der Waals surface area contributed by atoms with Gasteiger partial charge >= 0.3 is 0 Å². The van der Waals surface area contributed by atoms with Gasteiger partial charge in [0, 0.05) is 25.0 Å². The lowest BCUT2D eigenvalue weighted by Crippen LogP contribution is -2.31. The van der Waals surface area contributed by atoms with Gasteiger partial charge in [-0.1, -0.05) is 32.0 Å². The summed E-state index contributed by atoms with van der Waals surface area (Å²) in [6, 6.07) is 8.66. The summed E-state index contributed by atoms with van der Waals surface area (Å²) in [5.74, 6) is 0.541. The van der Waals surface area contributed by atoms with Crippen LogP contribution in [-0.4, -0.2) is 34.3 Å². The summed E-state index contributed by atoms with van der Waals surface area (Å²) in [6.07, 6.45) is 1.03. The van der Waals surface area contributed by atoms with Gasteiger partial charge in [-0.15, -0.1) is 0 Å². The summed E-state index contributed by atoms with van der Waals surface area (Å²) < 4.78 is 1.96. The summed E-state index contributed by atoms with van der Waals surface area (Å²) in [5, 5.41) is 5.88. The van der Waals surface area contributed by atoms with E-state index in [0.717, 1.165) is 25.2 Å². The molecule has 0 radical (unpaired) electrons. The molecule has 4 heteroatoms. The van der Waals surface area contributed by atoms with Crippen LogP contribution < -0.4 is 5.73 Å². The van der Waals surface area contributed by atoms with E-state index >= 15 is 0 Å². The topological polar surface area (TPSA) is 47.1 Å².